The van der Waals surface area contributed by atoms with Gasteiger partial charge in [0.2, 0.25) is 0 Å². The molecular formula is C29H52OSi. The maximum atomic E-state index is 6.94. The molecule has 7 atom stereocenters. The zero-order valence-corrected chi connectivity index (χ0v) is 23.2. The highest BCUT2D eigenvalue weighted by Gasteiger charge is 2.59. The van der Waals surface area contributed by atoms with E-state index in [2.05, 4.69) is 60.7 Å². The van der Waals surface area contributed by atoms with Gasteiger partial charge in [0.15, 0.2) is 8.32 Å². The molecule has 0 radical (unpaired) electrons. The van der Waals surface area contributed by atoms with E-state index in [0.29, 0.717) is 22.0 Å². The minimum Gasteiger partial charge on any atom is -0.414 e. The van der Waals surface area contributed by atoms with E-state index in [1.54, 1.807) is 0 Å². The summed E-state index contributed by atoms with van der Waals surface area (Å²) in [7, 11) is -1.66. The number of fused-ring (bicyclic) bond motifs is 5. The molecule has 31 heavy (non-hydrogen) atoms. The molecule has 0 aromatic heterocycles. The Morgan fingerprint density at radius 3 is 2.42 bits per heavy atom. The van der Waals surface area contributed by atoms with Gasteiger partial charge in [-0.25, -0.2) is 0 Å². The van der Waals surface area contributed by atoms with Crippen molar-refractivity contribution >= 4 is 8.32 Å². The van der Waals surface area contributed by atoms with Crippen LogP contribution in [0.5, 0.6) is 0 Å². The average molecular weight is 445 g/mol. The largest absolute Gasteiger partial charge is 0.414 e. The molecule has 0 N–H and O–H groups in total. The molecule has 4 aliphatic carbocycles. The van der Waals surface area contributed by atoms with E-state index in [1.165, 1.54) is 70.6 Å². The Kier molecular flexibility index (Phi) is 6.44. The summed E-state index contributed by atoms with van der Waals surface area (Å²) in [6.07, 6.45) is 18.6. The lowest BCUT2D eigenvalue weighted by Gasteiger charge is -2.61. The van der Waals surface area contributed by atoms with Gasteiger partial charge in [0, 0.05) is 6.10 Å². The minimum absolute atomic E-state index is 0.324. The fourth-order valence-corrected chi connectivity index (χ4v) is 9.82. The molecule has 4 aliphatic rings. The first-order valence-corrected chi connectivity index (χ1v) is 16.7. The first-order valence-electron chi connectivity index (χ1n) is 13.8. The molecule has 2 heteroatoms. The molecule has 0 aromatic rings. The van der Waals surface area contributed by atoms with Crippen LogP contribution < -0.4 is 0 Å². The normalized spacial score (nSPS) is 44.6. The zero-order chi connectivity index (χ0) is 22.7. The SMILES string of the molecule is CCC/C=C1/CC[C@H]2[C@@H]3CC[C@H]4C[C@H](O[Si](C)(C)C(C)(C)C)CC[C@]4(C)[C@H]3CC[C@]12C. The molecule has 0 aliphatic heterocycles. The van der Waals surface area contributed by atoms with Crippen molar-refractivity contribution in [1.82, 2.24) is 0 Å². The smallest absolute Gasteiger partial charge is 0.192 e. The van der Waals surface area contributed by atoms with Crippen molar-refractivity contribution in [2.24, 2.45) is 34.5 Å². The maximum Gasteiger partial charge on any atom is 0.192 e. The third-order valence-electron chi connectivity index (χ3n) is 11.4. The average Bonchev–Trinajstić information content (AvgIpc) is 3.02. The quantitative estimate of drug-likeness (QED) is 0.310. The lowest BCUT2D eigenvalue weighted by Crippen LogP contribution is -2.54. The van der Waals surface area contributed by atoms with Crippen LogP contribution in [0.3, 0.4) is 0 Å². The fourth-order valence-electron chi connectivity index (χ4n) is 8.42. The summed E-state index contributed by atoms with van der Waals surface area (Å²) in [4.78, 5) is 0. The van der Waals surface area contributed by atoms with Gasteiger partial charge in [0.25, 0.3) is 0 Å². The Morgan fingerprint density at radius 2 is 1.74 bits per heavy atom. The van der Waals surface area contributed by atoms with Crippen LogP contribution in [0.2, 0.25) is 18.1 Å². The number of unbranched alkanes of at least 4 members (excludes halogenated alkanes) is 1. The Balaban J connectivity index is 1.47. The van der Waals surface area contributed by atoms with E-state index in [1.807, 2.05) is 5.57 Å². The Morgan fingerprint density at radius 1 is 1.00 bits per heavy atom. The minimum atomic E-state index is -1.66. The summed E-state index contributed by atoms with van der Waals surface area (Å²) in [5.74, 6) is 3.83. The van der Waals surface area contributed by atoms with Gasteiger partial charge in [-0.15, -0.1) is 0 Å². The van der Waals surface area contributed by atoms with Crippen LogP contribution >= 0.6 is 0 Å². The third kappa shape index (κ3) is 4.05. The van der Waals surface area contributed by atoms with Crippen molar-refractivity contribution in [3.05, 3.63) is 11.6 Å². The monoisotopic (exact) mass is 444 g/mol. The summed E-state index contributed by atoms with van der Waals surface area (Å²) in [6, 6.07) is 0. The van der Waals surface area contributed by atoms with Crippen molar-refractivity contribution < 1.29 is 4.43 Å². The molecule has 0 bridgehead atoms. The van der Waals surface area contributed by atoms with Crippen LogP contribution in [0.1, 0.15) is 112 Å². The van der Waals surface area contributed by atoms with Crippen LogP contribution in [-0.2, 0) is 4.43 Å². The predicted molar refractivity (Wildman–Crippen MR) is 137 cm³/mol. The molecule has 1 nitrogen and oxygen atoms in total. The Bertz CT molecular complexity index is 687. The fraction of sp³-hybridized carbons (Fsp3) is 0.931. The van der Waals surface area contributed by atoms with Crippen molar-refractivity contribution in [3.8, 4) is 0 Å². The van der Waals surface area contributed by atoms with E-state index in [9.17, 15) is 0 Å². The van der Waals surface area contributed by atoms with Gasteiger partial charge in [0.05, 0.1) is 0 Å². The zero-order valence-electron chi connectivity index (χ0n) is 22.2. The van der Waals surface area contributed by atoms with E-state index < -0.39 is 8.32 Å². The molecule has 4 rings (SSSR count). The summed E-state index contributed by atoms with van der Waals surface area (Å²) in [5, 5.41) is 0.324. The molecule has 0 heterocycles. The van der Waals surface area contributed by atoms with E-state index >= 15 is 0 Å². The van der Waals surface area contributed by atoms with Crippen LogP contribution in [0.15, 0.2) is 11.6 Å². The second kappa shape index (κ2) is 8.29. The lowest BCUT2D eigenvalue weighted by atomic mass is 9.45. The number of hydrogen-bond acceptors (Lipinski definition) is 1. The molecule has 0 unspecified atom stereocenters. The van der Waals surface area contributed by atoms with E-state index in [4.69, 9.17) is 4.43 Å². The van der Waals surface area contributed by atoms with Crippen molar-refractivity contribution in [2.45, 2.75) is 136 Å². The molecule has 4 saturated carbocycles. The molecule has 0 saturated heterocycles. The highest BCUT2D eigenvalue weighted by molar-refractivity contribution is 6.74. The van der Waals surface area contributed by atoms with Crippen molar-refractivity contribution in [1.29, 1.82) is 0 Å². The van der Waals surface area contributed by atoms with Gasteiger partial charge < -0.3 is 4.43 Å². The van der Waals surface area contributed by atoms with Crippen LogP contribution in [0.4, 0.5) is 0 Å². The van der Waals surface area contributed by atoms with Gasteiger partial charge in [-0.05, 0) is 117 Å². The first kappa shape index (κ1) is 24.1. The van der Waals surface area contributed by atoms with Gasteiger partial charge in [-0.3, -0.25) is 0 Å². The molecule has 178 valence electrons. The number of allylic oxidation sites excluding steroid dienone is 2. The van der Waals surface area contributed by atoms with Crippen LogP contribution in [0, 0.1) is 34.5 Å². The third-order valence-corrected chi connectivity index (χ3v) is 15.9. The van der Waals surface area contributed by atoms with Gasteiger partial charge in [-0.2, -0.15) is 0 Å². The van der Waals surface area contributed by atoms with Crippen LogP contribution in [0.25, 0.3) is 0 Å². The second-order valence-corrected chi connectivity index (χ2v) is 18.7. The highest BCUT2D eigenvalue weighted by atomic mass is 28.4. The maximum absolute atomic E-state index is 6.94. The molecule has 0 spiro atoms. The van der Waals surface area contributed by atoms with Crippen molar-refractivity contribution in [3.63, 3.8) is 0 Å². The van der Waals surface area contributed by atoms with Crippen molar-refractivity contribution in [2.75, 3.05) is 0 Å². The molecule has 4 fully saturated rings. The van der Waals surface area contributed by atoms with E-state index in [0.717, 1.165) is 23.7 Å². The Hall–Kier alpha value is -0.0831. The standard InChI is InChI=1S/C29H52OSi/c1-9-10-11-21-13-15-25-24-14-12-22-20-23(30-31(7,8)27(2,3)4)16-18-29(22,6)26(24)17-19-28(21,25)5/h11,22-26H,9-10,12-20H2,1-8H3/b21-11-/t22-,23+,24-,25-,26-,28+,29-/m0/s1. The summed E-state index contributed by atoms with van der Waals surface area (Å²) < 4.78 is 6.94. The lowest BCUT2D eigenvalue weighted by molar-refractivity contribution is -0.114. The van der Waals surface area contributed by atoms with Gasteiger partial charge >= 0.3 is 0 Å². The first-order chi connectivity index (χ1) is 14.4. The highest BCUT2D eigenvalue weighted by Crippen LogP contribution is 2.67. The van der Waals surface area contributed by atoms with Gasteiger partial charge in [-0.1, -0.05) is 59.6 Å². The summed E-state index contributed by atoms with van der Waals surface area (Å²) >= 11 is 0. The molecule has 0 aromatic carbocycles. The molecule has 0 amide bonds. The summed E-state index contributed by atoms with van der Waals surface area (Å²) in [5.41, 5.74) is 2.95. The number of rotatable bonds is 4. The topological polar surface area (TPSA) is 9.23 Å². The van der Waals surface area contributed by atoms with Crippen LogP contribution in [-0.4, -0.2) is 14.4 Å². The van der Waals surface area contributed by atoms with E-state index in [-0.39, 0.29) is 0 Å². The Labute approximate surface area is 195 Å². The number of hydrogen-bond donors (Lipinski definition) is 0. The predicted octanol–water partition coefficient (Wildman–Crippen LogP) is 9.15. The van der Waals surface area contributed by atoms with Gasteiger partial charge in [0.1, 0.15) is 0 Å². The second-order valence-electron chi connectivity index (χ2n) is 13.9. The molecular weight excluding hydrogens is 392 g/mol. The summed E-state index contributed by atoms with van der Waals surface area (Å²) in [6.45, 7) is 19.8.